The number of amides is 3. The monoisotopic (exact) mass is 594 g/mol. The number of aldehydes is 1. The first-order chi connectivity index (χ1) is 20.8. The zero-order valence-electron chi connectivity index (χ0n) is 23.6. The Morgan fingerprint density at radius 1 is 0.721 bits per heavy atom. The van der Waals surface area contributed by atoms with Crippen LogP contribution < -0.4 is 42.3 Å². The molecule has 0 heterocycles. The molecular formula is C33H31N4O5P. The normalized spacial score (nSPS) is 12.0. The molecule has 0 spiro atoms. The highest BCUT2D eigenvalue weighted by atomic mass is 31.2. The molecule has 9 nitrogen and oxygen atoms in total. The number of rotatable bonds is 11. The minimum atomic E-state index is -2.64. The van der Waals surface area contributed by atoms with E-state index in [-0.39, 0.29) is 18.1 Å². The van der Waals surface area contributed by atoms with Gasteiger partial charge in [0.05, 0.1) is 5.82 Å². The Labute approximate surface area is 250 Å². The second-order valence-electron chi connectivity index (χ2n) is 9.55. The highest BCUT2D eigenvalue weighted by Gasteiger charge is 2.43. The highest BCUT2D eigenvalue weighted by Crippen LogP contribution is 2.57. The molecule has 4 rings (SSSR count). The van der Waals surface area contributed by atoms with Gasteiger partial charge in [-0.15, -0.1) is 0 Å². The van der Waals surface area contributed by atoms with Gasteiger partial charge >= 0.3 is 0 Å². The van der Waals surface area contributed by atoms with Crippen molar-refractivity contribution in [2.24, 2.45) is 0 Å². The molecular weight excluding hydrogens is 563 g/mol. The van der Waals surface area contributed by atoms with Crippen LogP contribution in [0.3, 0.4) is 0 Å². The largest absolute Gasteiger partial charge is 0.858 e. The molecule has 10 heteroatoms. The highest BCUT2D eigenvalue weighted by molar-refractivity contribution is 7.98. The number of anilines is 2. The van der Waals surface area contributed by atoms with E-state index in [1.165, 1.54) is 6.92 Å². The molecule has 0 aliphatic carbocycles. The van der Waals surface area contributed by atoms with Crippen LogP contribution >= 0.6 is 7.26 Å². The van der Waals surface area contributed by atoms with Crippen LogP contribution in [0.2, 0.25) is 0 Å². The van der Waals surface area contributed by atoms with Crippen molar-refractivity contribution in [2.75, 3.05) is 17.7 Å². The van der Waals surface area contributed by atoms with Crippen LogP contribution in [0.15, 0.2) is 121 Å². The van der Waals surface area contributed by atoms with E-state index in [9.17, 15) is 24.3 Å². The molecule has 0 unspecified atom stereocenters. The zero-order valence-corrected chi connectivity index (χ0v) is 24.5. The summed E-state index contributed by atoms with van der Waals surface area (Å²) < 4.78 is 0. The Bertz CT molecular complexity index is 1570. The van der Waals surface area contributed by atoms with Gasteiger partial charge in [-0.25, -0.2) is 0 Å². The van der Waals surface area contributed by atoms with Crippen LogP contribution in [0.4, 0.5) is 11.4 Å². The van der Waals surface area contributed by atoms with Gasteiger partial charge in [0.25, 0.3) is 11.8 Å². The van der Waals surface area contributed by atoms with Gasteiger partial charge in [0.1, 0.15) is 29.2 Å². The topological polar surface area (TPSA) is 139 Å². The molecule has 4 N–H and O–H groups in total. The second kappa shape index (κ2) is 14.1. The smallest absolute Gasteiger partial charge is 0.284 e. The summed E-state index contributed by atoms with van der Waals surface area (Å²) in [5.41, 5.74) is 1.48. The van der Waals surface area contributed by atoms with Crippen molar-refractivity contribution in [2.45, 2.75) is 13.0 Å². The number of hydrogen-bond acceptors (Lipinski definition) is 6. The molecule has 0 radical (unpaired) electrons. The lowest BCUT2D eigenvalue weighted by atomic mass is 10.2. The third kappa shape index (κ3) is 7.33. The first-order valence-electron chi connectivity index (χ1n) is 13.4. The maximum absolute atomic E-state index is 13.7. The SMILES string of the molecule is CNC(=O)c1ccc([P+](/C=C(\[O-])Nc2ccc(NC(=O)[C@H](C)NC(=O)C=O)cc2)(c2ccccc2)c2ccccc2)cc1. The molecule has 0 aliphatic heterocycles. The van der Waals surface area contributed by atoms with Crippen LogP contribution in [0.1, 0.15) is 17.3 Å². The average molecular weight is 595 g/mol. The molecule has 0 fully saturated rings. The summed E-state index contributed by atoms with van der Waals surface area (Å²) in [4.78, 5) is 46.3. The third-order valence-corrected chi connectivity index (χ3v) is 10.6. The average Bonchev–Trinajstić information content (AvgIpc) is 3.05. The number of carbonyl (C=O) groups excluding carboxylic acids is 4. The molecule has 1 atom stereocenters. The lowest BCUT2D eigenvalue weighted by Crippen LogP contribution is -2.42. The van der Waals surface area contributed by atoms with E-state index < -0.39 is 25.1 Å². The molecule has 0 bridgehead atoms. The fourth-order valence-corrected chi connectivity index (χ4v) is 8.20. The van der Waals surface area contributed by atoms with Crippen LogP contribution in [-0.4, -0.2) is 37.1 Å². The van der Waals surface area contributed by atoms with Gasteiger partial charge in [-0.1, -0.05) is 36.4 Å². The van der Waals surface area contributed by atoms with Crippen LogP contribution in [0.25, 0.3) is 0 Å². The van der Waals surface area contributed by atoms with Gasteiger partial charge in [-0.3, -0.25) is 19.2 Å². The predicted octanol–water partition coefficient (Wildman–Crippen LogP) is 2.25. The molecule has 0 saturated heterocycles. The Morgan fingerprint density at radius 2 is 1.21 bits per heavy atom. The first kappa shape index (κ1) is 30.7. The summed E-state index contributed by atoms with van der Waals surface area (Å²) in [5, 5.41) is 27.1. The molecule has 3 amide bonds. The molecule has 0 aliphatic rings. The minimum absolute atomic E-state index is 0.102. The van der Waals surface area contributed by atoms with Crippen LogP contribution in [0, 0.1) is 0 Å². The van der Waals surface area contributed by atoms with Gasteiger partial charge in [-0.2, -0.15) is 0 Å². The van der Waals surface area contributed by atoms with E-state index in [4.69, 9.17) is 0 Å². The van der Waals surface area contributed by atoms with Crippen molar-refractivity contribution in [3.8, 4) is 0 Å². The van der Waals surface area contributed by atoms with E-state index in [1.807, 2.05) is 72.8 Å². The maximum Gasteiger partial charge on any atom is 0.284 e. The van der Waals surface area contributed by atoms with Crippen molar-refractivity contribution < 1.29 is 24.3 Å². The van der Waals surface area contributed by atoms with Crippen molar-refractivity contribution in [1.29, 1.82) is 0 Å². The molecule has 0 aromatic heterocycles. The van der Waals surface area contributed by atoms with Gasteiger partial charge in [0.2, 0.25) is 12.2 Å². The van der Waals surface area contributed by atoms with Gasteiger partial charge in [-0.05, 0) is 85.6 Å². The van der Waals surface area contributed by atoms with Crippen LogP contribution in [-0.2, 0) is 14.4 Å². The lowest BCUT2D eigenvalue weighted by molar-refractivity contribution is -0.299. The Kier molecular flexibility index (Phi) is 10.0. The van der Waals surface area contributed by atoms with E-state index in [0.29, 0.717) is 16.9 Å². The van der Waals surface area contributed by atoms with Gasteiger partial charge in [0.15, 0.2) is 0 Å². The van der Waals surface area contributed by atoms with E-state index in [2.05, 4.69) is 21.3 Å². The van der Waals surface area contributed by atoms with Crippen LogP contribution in [0.5, 0.6) is 0 Å². The predicted molar refractivity (Wildman–Crippen MR) is 169 cm³/mol. The summed E-state index contributed by atoms with van der Waals surface area (Å²) in [7, 11) is -1.06. The summed E-state index contributed by atoms with van der Waals surface area (Å²) in [6.45, 7) is 1.46. The molecule has 0 saturated carbocycles. The number of hydrogen-bond donors (Lipinski definition) is 4. The Morgan fingerprint density at radius 3 is 1.70 bits per heavy atom. The fraction of sp³-hybridized carbons (Fsp3) is 0.0909. The third-order valence-electron chi connectivity index (χ3n) is 6.68. The van der Waals surface area contributed by atoms with Crippen molar-refractivity contribution in [3.63, 3.8) is 0 Å². The zero-order chi connectivity index (χ0) is 30.8. The molecule has 4 aromatic rings. The quantitative estimate of drug-likeness (QED) is 0.0910. The van der Waals surface area contributed by atoms with E-state index in [1.54, 1.807) is 49.3 Å². The van der Waals surface area contributed by atoms with E-state index in [0.717, 1.165) is 15.9 Å². The maximum atomic E-state index is 13.7. The van der Waals surface area contributed by atoms with Crippen molar-refractivity contribution in [3.05, 3.63) is 126 Å². The summed E-state index contributed by atoms with van der Waals surface area (Å²) in [6.07, 6.45) is 0.102. The Balaban J connectivity index is 1.68. The molecule has 4 aromatic carbocycles. The summed E-state index contributed by atoms with van der Waals surface area (Å²) >= 11 is 0. The number of nitrogens with one attached hydrogen (secondary N) is 4. The van der Waals surface area contributed by atoms with Crippen molar-refractivity contribution in [1.82, 2.24) is 10.6 Å². The van der Waals surface area contributed by atoms with E-state index >= 15 is 0 Å². The summed E-state index contributed by atoms with van der Waals surface area (Å²) in [6, 6.07) is 32.6. The molecule has 43 heavy (non-hydrogen) atoms. The standard InChI is InChI=1S/C33H31N4O5P/c1-23(35-30(39)21-38)32(41)37-26-17-15-25(16-18-26)36-31(40)22-43(27-9-5-3-6-10-27,28-11-7-4-8-12-28)29-19-13-24(14-20-29)33(42)34-2/h3-23H,1-2H3,(H4-,34,35,36,37,38,39,40,41,42)/b31-22-/t23-/m0/s1. The second-order valence-corrected chi connectivity index (χ2v) is 12.8. The summed E-state index contributed by atoms with van der Waals surface area (Å²) in [5.74, 6) is -0.165. The number of benzene rings is 4. The van der Waals surface area contributed by atoms with Gasteiger partial charge < -0.3 is 26.4 Å². The van der Waals surface area contributed by atoms with Gasteiger partial charge in [0, 0.05) is 24.0 Å². The lowest BCUT2D eigenvalue weighted by Gasteiger charge is -2.27. The number of carbonyl (C=O) groups is 4. The first-order valence-corrected chi connectivity index (χ1v) is 15.3. The van der Waals surface area contributed by atoms with Crippen molar-refractivity contribution >= 4 is 58.6 Å². The molecule has 218 valence electrons. The Hall–Kier alpha value is -5.27. The fourth-order valence-electron chi connectivity index (χ4n) is 4.54. The minimum Gasteiger partial charge on any atom is -0.858 e.